The molecule has 0 aliphatic carbocycles. The van der Waals surface area contributed by atoms with Crippen LogP contribution in [0, 0.1) is 0 Å². The minimum Gasteiger partial charge on any atom is -0.390 e. The van der Waals surface area contributed by atoms with Crippen LogP contribution in [-0.2, 0) is 12.4 Å². The standard InChI is InChI=1S/C10H16N6OS2/c1-11-9-10(16-19-15-9)12-2-3-18-5-8-7(4-17)13-6-14-8/h6,17H,2-5H2,1H3,(H,11,15)(H,12,16)(H,13,14). The van der Waals surface area contributed by atoms with Crippen LogP contribution in [0.5, 0.6) is 0 Å². The summed E-state index contributed by atoms with van der Waals surface area (Å²) in [6, 6.07) is 0. The van der Waals surface area contributed by atoms with E-state index in [1.807, 2.05) is 7.05 Å². The molecule has 0 amide bonds. The van der Waals surface area contributed by atoms with E-state index in [0.29, 0.717) is 0 Å². The van der Waals surface area contributed by atoms with Crippen molar-refractivity contribution in [3.63, 3.8) is 0 Å². The van der Waals surface area contributed by atoms with Gasteiger partial charge < -0.3 is 20.7 Å². The summed E-state index contributed by atoms with van der Waals surface area (Å²) in [7, 11) is 1.82. The first-order valence-corrected chi connectivity index (χ1v) is 7.67. The van der Waals surface area contributed by atoms with Gasteiger partial charge in [-0.2, -0.15) is 20.5 Å². The first-order chi connectivity index (χ1) is 9.35. The molecule has 0 spiro atoms. The van der Waals surface area contributed by atoms with Crippen LogP contribution in [-0.4, -0.2) is 43.2 Å². The molecule has 9 heteroatoms. The maximum atomic E-state index is 9.07. The number of aromatic nitrogens is 4. The lowest BCUT2D eigenvalue weighted by molar-refractivity contribution is 0.276. The Morgan fingerprint density at radius 2 is 2.26 bits per heavy atom. The zero-order chi connectivity index (χ0) is 13.5. The van der Waals surface area contributed by atoms with Crippen LogP contribution in [0.3, 0.4) is 0 Å². The highest BCUT2D eigenvalue weighted by atomic mass is 32.2. The van der Waals surface area contributed by atoms with Crippen molar-refractivity contribution in [1.29, 1.82) is 0 Å². The summed E-state index contributed by atoms with van der Waals surface area (Å²) >= 11 is 2.95. The molecule has 0 saturated carbocycles. The highest BCUT2D eigenvalue weighted by Gasteiger charge is 2.06. The molecule has 0 bridgehead atoms. The molecule has 104 valence electrons. The Kier molecular flexibility index (Phi) is 5.43. The lowest BCUT2D eigenvalue weighted by Crippen LogP contribution is -2.06. The molecule has 0 saturated heterocycles. The Labute approximate surface area is 119 Å². The zero-order valence-corrected chi connectivity index (χ0v) is 12.1. The Morgan fingerprint density at radius 3 is 3.05 bits per heavy atom. The summed E-state index contributed by atoms with van der Waals surface area (Å²) in [5, 5.41) is 15.3. The van der Waals surface area contributed by atoms with E-state index in [1.54, 1.807) is 18.1 Å². The van der Waals surface area contributed by atoms with Crippen molar-refractivity contribution >= 4 is 35.1 Å². The van der Waals surface area contributed by atoms with Crippen LogP contribution < -0.4 is 10.6 Å². The molecular weight excluding hydrogens is 284 g/mol. The average Bonchev–Trinajstić information content (AvgIpc) is 3.06. The third kappa shape index (κ3) is 3.82. The number of thioether (sulfide) groups is 1. The molecule has 0 aliphatic heterocycles. The lowest BCUT2D eigenvalue weighted by Gasteiger charge is -2.04. The summed E-state index contributed by atoms with van der Waals surface area (Å²) in [4.78, 5) is 7.07. The van der Waals surface area contributed by atoms with E-state index < -0.39 is 0 Å². The Morgan fingerprint density at radius 1 is 1.42 bits per heavy atom. The first kappa shape index (κ1) is 14.1. The molecule has 2 rings (SSSR count). The van der Waals surface area contributed by atoms with E-state index in [9.17, 15) is 0 Å². The topological polar surface area (TPSA) is 98.8 Å². The number of imidazole rings is 1. The maximum absolute atomic E-state index is 9.07. The number of hydrogen-bond donors (Lipinski definition) is 4. The van der Waals surface area contributed by atoms with Crippen molar-refractivity contribution in [2.24, 2.45) is 0 Å². The van der Waals surface area contributed by atoms with E-state index in [1.165, 1.54) is 11.7 Å². The van der Waals surface area contributed by atoms with E-state index in [2.05, 4.69) is 29.3 Å². The summed E-state index contributed by atoms with van der Waals surface area (Å²) in [5.74, 6) is 3.33. The lowest BCUT2D eigenvalue weighted by atomic mass is 10.4. The van der Waals surface area contributed by atoms with Crippen molar-refractivity contribution in [1.82, 2.24) is 18.7 Å². The third-order valence-electron chi connectivity index (χ3n) is 2.47. The Balaban J connectivity index is 1.67. The van der Waals surface area contributed by atoms with Gasteiger partial charge in [0, 0.05) is 25.1 Å². The van der Waals surface area contributed by atoms with Crippen molar-refractivity contribution < 1.29 is 5.11 Å². The fraction of sp³-hybridized carbons (Fsp3) is 0.500. The van der Waals surface area contributed by atoms with Gasteiger partial charge in [0.1, 0.15) is 0 Å². The van der Waals surface area contributed by atoms with Crippen LogP contribution in [0.1, 0.15) is 11.4 Å². The van der Waals surface area contributed by atoms with Crippen molar-refractivity contribution in [3.05, 3.63) is 17.7 Å². The quantitative estimate of drug-likeness (QED) is 0.543. The molecule has 0 atom stereocenters. The SMILES string of the molecule is CNc1nsnc1NCCSCc1[nH]cnc1CO. The van der Waals surface area contributed by atoms with E-state index in [0.717, 1.165) is 41.1 Å². The minimum absolute atomic E-state index is 0.0202. The summed E-state index contributed by atoms with van der Waals surface area (Å²) in [6.45, 7) is 0.793. The van der Waals surface area contributed by atoms with Crippen LogP contribution in [0.4, 0.5) is 11.6 Å². The molecule has 7 nitrogen and oxygen atoms in total. The van der Waals surface area contributed by atoms with Gasteiger partial charge >= 0.3 is 0 Å². The summed E-state index contributed by atoms with van der Waals surface area (Å²) in [6.07, 6.45) is 1.61. The number of hydrogen-bond acceptors (Lipinski definition) is 8. The molecule has 2 heterocycles. The molecule has 0 fully saturated rings. The maximum Gasteiger partial charge on any atom is 0.184 e. The van der Waals surface area contributed by atoms with Crippen LogP contribution in [0.2, 0.25) is 0 Å². The van der Waals surface area contributed by atoms with Gasteiger partial charge in [-0.25, -0.2) is 4.98 Å². The molecule has 2 aromatic heterocycles. The number of rotatable bonds is 8. The first-order valence-electron chi connectivity index (χ1n) is 5.79. The van der Waals surface area contributed by atoms with Gasteiger partial charge in [-0.1, -0.05) is 0 Å². The second-order valence-corrected chi connectivity index (χ2v) is 5.31. The molecule has 0 aromatic carbocycles. The normalized spacial score (nSPS) is 10.6. The molecule has 2 aromatic rings. The number of aliphatic hydroxyl groups excluding tert-OH is 1. The van der Waals surface area contributed by atoms with Gasteiger partial charge in [0.05, 0.1) is 36.1 Å². The molecule has 0 radical (unpaired) electrons. The molecule has 0 aliphatic rings. The third-order valence-corrected chi connectivity index (χ3v) is 3.98. The summed E-state index contributed by atoms with van der Waals surface area (Å²) in [5.41, 5.74) is 1.71. The minimum atomic E-state index is -0.0202. The highest BCUT2D eigenvalue weighted by Crippen LogP contribution is 2.18. The van der Waals surface area contributed by atoms with Gasteiger partial charge in [-0.05, 0) is 0 Å². The van der Waals surface area contributed by atoms with E-state index in [4.69, 9.17) is 5.11 Å². The number of nitrogens with one attached hydrogen (secondary N) is 3. The Bertz CT molecular complexity index is 455. The number of H-pyrrole nitrogens is 1. The number of anilines is 2. The number of aromatic amines is 1. The van der Waals surface area contributed by atoms with Crippen molar-refractivity contribution in [2.75, 3.05) is 30.0 Å². The number of aliphatic hydroxyl groups is 1. The largest absolute Gasteiger partial charge is 0.390 e. The molecule has 0 unspecified atom stereocenters. The second-order valence-electron chi connectivity index (χ2n) is 3.68. The second kappa shape index (κ2) is 7.31. The van der Waals surface area contributed by atoms with Crippen LogP contribution in [0.25, 0.3) is 0 Å². The van der Waals surface area contributed by atoms with Gasteiger partial charge in [0.25, 0.3) is 0 Å². The molecule has 4 N–H and O–H groups in total. The zero-order valence-electron chi connectivity index (χ0n) is 10.5. The fourth-order valence-electron chi connectivity index (χ4n) is 1.49. The monoisotopic (exact) mass is 300 g/mol. The van der Waals surface area contributed by atoms with Gasteiger partial charge in [0.15, 0.2) is 11.6 Å². The van der Waals surface area contributed by atoms with E-state index >= 15 is 0 Å². The van der Waals surface area contributed by atoms with Crippen LogP contribution in [0.15, 0.2) is 6.33 Å². The smallest absolute Gasteiger partial charge is 0.184 e. The summed E-state index contributed by atoms with van der Waals surface area (Å²) < 4.78 is 8.27. The number of nitrogens with zero attached hydrogens (tertiary/aromatic N) is 3. The average molecular weight is 300 g/mol. The fourth-order valence-corrected chi connectivity index (χ4v) is 2.87. The predicted molar refractivity (Wildman–Crippen MR) is 78.6 cm³/mol. The highest BCUT2D eigenvalue weighted by molar-refractivity contribution is 7.98. The molecule has 19 heavy (non-hydrogen) atoms. The van der Waals surface area contributed by atoms with Crippen molar-refractivity contribution in [3.8, 4) is 0 Å². The van der Waals surface area contributed by atoms with Gasteiger partial charge in [-0.3, -0.25) is 0 Å². The Hall–Kier alpha value is -1.32. The van der Waals surface area contributed by atoms with Gasteiger partial charge in [0.2, 0.25) is 0 Å². The molecular formula is C10H16N6OS2. The van der Waals surface area contributed by atoms with Gasteiger partial charge in [-0.15, -0.1) is 0 Å². The van der Waals surface area contributed by atoms with Crippen molar-refractivity contribution in [2.45, 2.75) is 12.4 Å². The van der Waals surface area contributed by atoms with E-state index in [-0.39, 0.29) is 6.61 Å². The van der Waals surface area contributed by atoms with Crippen LogP contribution >= 0.6 is 23.5 Å². The predicted octanol–water partition coefficient (Wildman–Crippen LogP) is 1.14.